The van der Waals surface area contributed by atoms with Gasteiger partial charge in [-0.15, -0.1) is 0 Å². The van der Waals surface area contributed by atoms with Crippen molar-refractivity contribution in [3.05, 3.63) is 106 Å². The molecule has 1 saturated heterocycles. The van der Waals surface area contributed by atoms with E-state index in [1.807, 2.05) is 25.1 Å². The smallest absolute Gasteiger partial charge is 0.338 e. The van der Waals surface area contributed by atoms with Gasteiger partial charge in [-0.05, 0) is 75.4 Å². The van der Waals surface area contributed by atoms with Gasteiger partial charge in [0.25, 0.3) is 5.91 Å². The van der Waals surface area contributed by atoms with Crippen LogP contribution in [0, 0.1) is 13.8 Å². The number of nitrogens with zero attached hydrogens (tertiary/aromatic N) is 3. The Kier molecular flexibility index (Phi) is 7.70. The second-order valence-electron chi connectivity index (χ2n) is 9.42. The summed E-state index contributed by atoms with van der Waals surface area (Å²) in [5.74, 6) is -0.460. The number of aromatic nitrogens is 1. The number of benzene rings is 3. The number of aryl methyl sites for hydroxylation is 1. The lowest BCUT2D eigenvalue weighted by Gasteiger charge is -2.12. The molecule has 1 amide bonds. The highest BCUT2D eigenvalue weighted by Gasteiger charge is 2.33. The minimum Gasteiger partial charge on any atom is -0.462 e. The molecule has 1 aliphatic rings. The molecule has 198 valence electrons. The predicted octanol–water partition coefficient (Wildman–Crippen LogP) is 7.11. The van der Waals surface area contributed by atoms with Gasteiger partial charge in [-0.1, -0.05) is 54.1 Å². The Morgan fingerprint density at radius 1 is 1.00 bits per heavy atom. The topological polar surface area (TPSA) is 63.9 Å². The van der Waals surface area contributed by atoms with Gasteiger partial charge in [0.2, 0.25) is 0 Å². The van der Waals surface area contributed by atoms with Crippen LogP contribution >= 0.6 is 11.8 Å². The monoisotopic (exact) mass is 537 g/mol. The summed E-state index contributed by atoms with van der Waals surface area (Å²) >= 11 is 1.36. The number of esters is 1. The molecule has 39 heavy (non-hydrogen) atoms. The van der Waals surface area contributed by atoms with E-state index < -0.39 is 0 Å². The number of rotatable bonds is 7. The first kappa shape index (κ1) is 26.5. The number of carbonyl (C=O) groups excluding carboxylic acids is 2. The first-order valence-corrected chi connectivity index (χ1v) is 13.9. The first-order valence-electron chi connectivity index (χ1n) is 13.1. The molecule has 0 N–H and O–H groups in total. The van der Waals surface area contributed by atoms with Crippen LogP contribution < -0.4 is 0 Å². The van der Waals surface area contributed by atoms with E-state index in [1.54, 1.807) is 30.0 Å². The van der Waals surface area contributed by atoms with Crippen molar-refractivity contribution in [1.29, 1.82) is 0 Å². The summed E-state index contributed by atoms with van der Waals surface area (Å²) in [6.07, 6.45) is 2.00. The molecule has 0 bridgehead atoms. The van der Waals surface area contributed by atoms with Gasteiger partial charge in [0, 0.05) is 35.2 Å². The van der Waals surface area contributed by atoms with Crippen molar-refractivity contribution in [3.63, 3.8) is 0 Å². The summed E-state index contributed by atoms with van der Waals surface area (Å²) < 4.78 is 7.43. The Balaban J connectivity index is 1.52. The quantitative estimate of drug-likeness (QED) is 0.186. The average Bonchev–Trinajstić information content (AvgIpc) is 3.37. The minimum absolute atomic E-state index is 0.0716. The Hall–Kier alpha value is -4.10. The molecule has 0 spiro atoms. The molecule has 1 aromatic heterocycles. The van der Waals surface area contributed by atoms with E-state index in [-0.39, 0.29) is 11.9 Å². The fourth-order valence-electron chi connectivity index (χ4n) is 4.87. The van der Waals surface area contributed by atoms with Crippen molar-refractivity contribution in [3.8, 4) is 0 Å². The number of amidine groups is 1. The molecule has 3 aromatic carbocycles. The van der Waals surface area contributed by atoms with Crippen LogP contribution in [0.2, 0.25) is 0 Å². The highest BCUT2D eigenvalue weighted by molar-refractivity contribution is 8.18. The number of thioether (sulfide) groups is 1. The van der Waals surface area contributed by atoms with Crippen LogP contribution in [0.15, 0.2) is 82.7 Å². The third-order valence-corrected chi connectivity index (χ3v) is 7.77. The van der Waals surface area contributed by atoms with Gasteiger partial charge < -0.3 is 9.30 Å². The van der Waals surface area contributed by atoms with Gasteiger partial charge in [0.15, 0.2) is 5.17 Å². The number of fused-ring (bicyclic) bond motifs is 1. The van der Waals surface area contributed by atoms with Gasteiger partial charge in [0.1, 0.15) is 0 Å². The van der Waals surface area contributed by atoms with Crippen LogP contribution in [0.3, 0.4) is 0 Å². The summed E-state index contributed by atoms with van der Waals surface area (Å²) in [5, 5.41) is 1.70. The molecule has 4 aromatic rings. The minimum atomic E-state index is -0.389. The van der Waals surface area contributed by atoms with Crippen LogP contribution in [0.5, 0.6) is 0 Å². The SMILES string of the molecule is CCOC(=O)c1cccc(N=C2SC(=Cc3c(C)n(Cc4cccc(C)c4)c4ccccc34)C(=O)N2CC)c1. The van der Waals surface area contributed by atoms with Crippen LogP contribution in [0.4, 0.5) is 5.69 Å². The Morgan fingerprint density at radius 3 is 2.56 bits per heavy atom. The van der Waals surface area contributed by atoms with Crippen LogP contribution in [0.25, 0.3) is 17.0 Å². The first-order chi connectivity index (χ1) is 18.9. The maximum absolute atomic E-state index is 13.5. The number of hydrogen-bond acceptors (Lipinski definition) is 5. The van der Waals surface area contributed by atoms with E-state index in [1.165, 1.54) is 22.9 Å². The van der Waals surface area contributed by atoms with Crippen LogP contribution in [-0.2, 0) is 16.1 Å². The Bertz CT molecular complexity index is 1630. The lowest BCUT2D eigenvalue weighted by atomic mass is 10.1. The molecule has 6 nitrogen and oxygen atoms in total. The zero-order valence-corrected chi connectivity index (χ0v) is 23.4. The van der Waals surface area contributed by atoms with Crippen molar-refractivity contribution < 1.29 is 14.3 Å². The molecule has 2 heterocycles. The summed E-state index contributed by atoms with van der Waals surface area (Å²) in [6.45, 7) is 9.48. The maximum Gasteiger partial charge on any atom is 0.338 e. The van der Waals surface area contributed by atoms with Gasteiger partial charge in [0.05, 0.1) is 22.8 Å². The summed E-state index contributed by atoms with van der Waals surface area (Å²) in [4.78, 5) is 32.7. The normalized spacial score (nSPS) is 15.6. The number of hydrogen-bond donors (Lipinski definition) is 0. The van der Waals surface area contributed by atoms with E-state index in [9.17, 15) is 9.59 Å². The molecular formula is C32H31N3O3S. The second kappa shape index (κ2) is 11.3. The fraction of sp³-hybridized carbons (Fsp3) is 0.219. The van der Waals surface area contributed by atoms with Crippen molar-refractivity contribution in [2.45, 2.75) is 34.2 Å². The summed E-state index contributed by atoms with van der Waals surface area (Å²) in [7, 11) is 0. The number of aliphatic imine (C=N–C) groups is 1. The lowest BCUT2D eigenvalue weighted by molar-refractivity contribution is -0.122. The van der Waals surface area contributed by atoms with E-state index in [4.69, 9.17) is 9.73 Å². The number of ether oxygens (including phenoxy) is 1. The van der Waals surface area contributed by atoms with Crippen molar-refractivity contribution in [1.82, 2.24) is 9.47 Å². The zero-order chi connectivity index (χ0) is 27.5. The van der Waals surface area contributed by atoms with E-state index in [2.05, 4.69) is 60.9 Å². The standard InChI is InChI=1S/C32H31N3O3S/c1-5-34-30(36)29(39-32(34)33-25-14-10-13-24(18-25)31(37)38-6-2)19-27-22(4)35(28-16-8-7-15-26(27)28)20-23-12-9-11-21(3)17-23/h7-19H,5-6,20H2,1-4H3. The lowest BCUT2D eigenvalue weighted by Crippen LogP contribution is -2.28. The van der Waals surface area contributed by atoms with Crippen molar-refractivity contribution >= 4 is 51.5 Å². The average molecular weight is 538 g/mol. The van der Waals surface area contributed by atoms with Crippen LogP contribution in [-0.4, -0.2) is 39.7 Å². The Morgan fingerprint density at radius 2 is 1.79 bits per heavy atom. The molecule has 0 aliphatic carbocycles. The number of carbonyl (C=O) groups is 2. The molecule has 0 unspecified atom stereocenters. The predicted molar refractivity (Wildman–Crippen MR) is 159 cm³/mol. The van der Waals surface area contributed by atoms with Gasteiger partial charge in [-0.2, -0.15) is 0 Å². The third-order valence-electron chi connectivity index (χ3n) is 6.76. The molecule has 0 saturated carbocycles. The molecule has 7 heteroatoms. The maximum atomic E-state index is 13.5. The molecule has 1 aliphatic heterocycles. The van der Waals surface area contributed by atoms with E-state index >= 15 is 0 Å². The van der Waals surface area contributed by atoms with E-state index in [0.29, 0.717) is 34.5 Å². The Labute approximate surface area is 233 Å². The number of amides is 1. The fourth-order valence-corrected chi connectivity index (χ4v) is 5.91. The highest BCUT2D eigenvalue weighted by atomic mass is 32.2. The number of likely N-dealkylation sites (N-methyl/N-ethyl adjacent to an activating group) is 1. The summed E-state index contributed by atoms with van der Waals surface area (Å²) in [5.41, 5.74) is 6.78. The number of para-hydroxylation sites is 1. The summed E-state index contributed by atoms with van der Waals surface area (Å²) in [6, 6.07) is 23.9. The molecular weight excluding hydrogens is 506 g/mol. The molecule has 0 radical (unpaired) electrons. The van der Waals surface area contributed by atoms with Gasteiger partial charge in [-0.25, -0.2) is 9.79 Å². The van der Waals surface area contributed by atoms with Crippen LogP contribution in [0.1, 0.15) is 46.6 Å². The zero-order valence-electron chi connectivity index (χ0n) is 22.6. The van der Waals surface area contributed by atoms with E-state index in [0.717, 1.165) is 28.7 Å². The molecule has 1 fully saturated rings. The molecule has 5 rings (SSSR count). The van der Waals surface area contributed by atoms with Gasteiger partial charge in [-0.3, -0.25) is 9.69 Å². The van der Waals surface area contributed by atoms with Gasteiger partial charge >= 0.3 is 5.97 Å². The van der Waals surface area contributed by atoms with Crippen molar-refractivity contribution in [2.75, 3.05) is 13.2 Å². The molecule has 0 atom stereocenters. The second-order valence-corrected chi connectivity index (χ2v) is 10.4. The highest BCUT2D eigenvalue weighted by Crippen LogP contribution is 2.37. The largest absolute Gasteiger partial charge is 0.462 e. The third kappa shape index (κ3) is 5.40. The van der Waals surface area contributed by atoms with Crippen molar-refractivity contribution in [2.24, 2.45) is 4.99 Å².